The van der Waals surface area contributed by atoms with Crippen LogP contribution in [0.5, 0.6) is 11.5 Å². The van der Waals surface area contributed by atoms with Crippen LogP contribution in [0, 0.1) is 0 Å². The van der Waals surface area contributed by atoms with E-state index in [0.29, 0.717) is 17.9 Å². The van der Waals surface area contributed by atoms with Gasteiger partial charge in [0.2, 0.25) is 5.78 Å². The zero-order valence-corrected chi connectivity index (χ0v) is 29.9. The molecule has 3 rings (SSSR count). The highest BCUT2D eigenvalue weighted by molar-refractivity contribution is 9.10. The summed E-state index contributed by atoms with van der Waals surface area (Å²) in [5, 5.41) is 1.84. The topological polar surface area (TPSA) is 44.8 Å². The first-order valence-corrected chi connectivity index (χ1v) is 21.3. The van der Waals surface area contributed by atoms with Gasteiger partial charge in [-0.2, -0.15) is 0 Å². The predicted octanol–water partition coefficient (Wildman–Crippen LogP) is 9.40. The van der Waals surface area contributed by atoms with Crippen LogP contribution >= 0.6 is 27.3 Å². The highest BCUT2D eigenvalue weighted by Gasteiger charge is 2.39. The molecule has 0 amide bonds. The number of ether oxygens (including phenoxy) is 2. The highest BCUT2D eigenvalue weighted by Crippen LogP contribution is 2.41. The molecule has 3 aromatic rings. The third-order valence-electron chi connectivity index (χ3n) is 7.81. The molecule has 0 unspecified atom stereocenters. The summed E-state index contributed by atoms with van der Waals surface area (Å²) in [5.41, 5.74) is 3.94. The lowest BCUT2D eigenvalue weighted by Crippen LogP contribution is -2.42. The molecule has 8 heteroatoms. The number of benzene rings is 2. The number of carbonyl (C=O) groups excluding carboxylic acids is 1. The van der Waals surface area contributed by atoms with Crippen molar-refractivity contribution in [1.82, 2.24) is 0 Å². The van der Waals surface area contributed by atoms with Gasteiger partial charge in [-0.15, -0.1) is 11.3 Å². The van der Waals surface area contributed by atoms with Gasteiger partial charge in [0, 0.05) is 26.4 Å². The summed E-state index contributed by atoms with van der Waals surface area (Å²) >= 11 is 5.37. The summed E-state index contributed by atoms with van der Waals surface area (Å²) in [7, 11) is -0.495. The summed E-state index contributed by atoms with van der Waals surface area (Å²) in [6, 6.07) is 7.65. The molecule has 0 aliphatic rings. The van der Waals surface area contributed by atoms with Crippen LogP contribution in [0.15, 0.2) is 34.8 Å². The minimum absolute atomic E-state index is 0.00734. The van der Waals surface area contributed by atoms with E-state index in [1.165, 1.54) is 10.1 Å². The quantitative estimate of drug-likeness (QED) is 0.172. The summed E-state index contributed by atoms with van der Waals surface area (Å²) in [5.74, 6) is 1.45. The minimum Gasteiger partial charge on any atom is -0.496 e. The lowest BCUT2D eigenvalue weighted by Gasteiger charge is -2.36. The van der Waals surface area contributed by atoms with Crippen LogP contribution in [0.2, 0.25) is 37.8 Å². The van der Waals surface area contributed by atoms with Crippen molar-refractivity contribution in [3.8, 4) is 11.5 Å². The average Bonchev–Trinajstić information content (AvgIpc) is 3.25. The Bertz CT molecular complexity index is 1430. The van der Waals surface area contributed by atoms with Crippen molar-refractivity contribution in [2.24, 2.45) is 0 Å². The van der Waals surface area contributed by atoms with E-state index >= 15 is 0 Å². The number of methoxy groups -OCH3 is 2. The van der Waals surface area contributed by atoms with Crippen LogP contribution in [0.1, 0.15) is 61.0 Å². The summed E-state index contributed by atoms with van der Waals surface area (Å²) in [6.07, 6.45) is 2.10. The Kier molecular flexibility index (Phi) is 9.50. The first-order chi connectivity index (χ1) is 18.0. The second kappa shape index (κ2) is 11.6. The molecule has 4 nitrogen and oxygen atoms in total. The maximum absolute atomic E-state index is 14.4. The van der Waals surface area contributed by atoms with E-state index in [2.05, 4.69) is 82.4 Å². The normalized spacial score (nSPS) is 13.2. The standard InChI is InChI=1S/C31H43BrO4SSi2/c1-13-19(2)27-23(18-36-39(11,12)31(3,4)5)30(38(8,9)10)37-29(27)28(33)22-16-20-21(17-24(22)32)26(35-7)15-14-25(20)34-6/h13-17H,18H2,1-12H3/b19-13+. The monoisotopic (exact) mass is 646 g/mol. The summed E-state index contributed by atoms with van der Waals surface area (Å²) in [4.78, 5) is 15.2. The van der Waals surface area contributed by atoms with Crippen molar-refractivity contribution in [1.29, 1.82) is 0 Å². The fraction of sp³-hybridized carbons (Fsp3) is 0.452. The zero-order valence-electron chi connectivity index (χ0n) is 25.5. The summed E-state index contributed by atoms with van der Waals surface area (Å²) < 4.78 is 20.1. The largest absolute Gasteiger partial charge is 0.496 e. The Morgan fingerprint density at radius 3 is 2.00 bits per heavy atom. The molecule has 0 aliphatic carbocycles. The van der Waals surface area contributed by atoms with Crippen LogP contribution < -0.4 is 14.0 Å². The Balaban J connectivity index is 2.28. The molecule has 212 valence electrons. The van der Waals surface area contributed by atoms with Crippen molar-refractivity contribution in [3.05, 3.63) is 56.4 Å². The van der Waals surface area contributed by atoms with Gasteiger partial charge >= 0.3 is 0 Å². The van der Waals surface area contributed by atoms with E-state index in [9.17, 15) is 4.79 Å². The van der Waals surface area contributed by atoms with Gasteiger partial charge in [0.25, 0.3) is 0 Å². The van der Waals surface area contributed by atoms with Gasteiger partial charge in [0.1, 0.15) is 11.5 Å². The number of rotatable bonds is 9. The zero-order chi connectivity index (χ0) is 29.5. The Morgan fingerprint density at radius 2 is 1.54 bits per heavy atom. The van der Waals surface area contributed by atoms with E-state index in [0.717, 1.165) is 37.0 Å². The Morgan fingerprint density at radius 1 is 1.00 bits per heavy atom. The molecule has 0 N–H and O–H groups in total. The number of halogens is 1. The molecule has 2 aromatic carbocycles. The van der Waals surface area contributed by atoms with Crippen molar-refractivity contribution >= 4 is 70.3 Å². The van der Waals surface area contributed by atoms with Crippen LogP contribution in [-0.2, 0) is 11.0 Å². The molecule has 0 spiro atoms. The van der Waals surface area contributed by atoms with Gasteiger partial charge in [-0.05, 0) is 71.9 Å². The maximum Gasteiger partial charge on any atom is 0.204 e. The van der Waals surface area contributed by atoms with Crippen molar-refractivity contribution in [3.63, 3.8) is 0 Å². The molecule has 0 saturated carbocycles. The lowest BCUT2D eigenvalue weighted by molar-refractivity contribution is 0.104. The van der Waals surface area contributed by atoms with E-state index in [1.54, 1.807) is 25.6 Å². The molecule has 0 radical (unpaired) electrons. The van der Waals surface area contributed by atoms with Gasteiger partial charge in [-0.1, -0.05) is 62.4 Å². The van der Waals surface area contributed by atoms with Crippen molar-refractivity contribution in [2.75, 3.05) is 14.2 Å². The van der Waals surface area contributed by atoms with Crippen molar-refractivity contribution in [2.45, 2.75) is 79.0 Å². The number of carbonyl (C=O) groups is 1. The van der Waals surface area contributed by atoms with Crippen LogP contribution in [0.3, 0.4) is 0 Å². The first kappa shape index (κ1) is 31.8. The van der Waals surface area contributed by atoms with E-state index in [1.807, 2.05) is 31.2 Å². The molecule has 39 heavy (non-hydrogen) atoms. The molecular formula is C31H43BrO4SSi2. The second-order valence-corrected chi connectivity index (χ2v) is 24.6. The molecule has 0 atom stereocenters. The molecule has 0 aliphatic heterocycles. The average molecular weight is 648 g/mol. The fourth-order valence-electron chi connectivity index (χ4n) is 4.36. The van der Waals surface area contributed by atoms with Crippen LogP contribution in [0.25, 0.3) is 16.3 Å². The number of hydrogen-bond donors (Lipinski definition) is 0. The number of ketones is 1. The number of thiophene rings is 1. The predicted molar refractivity (Wildman–Crippen MR) is 177 cm³/mol. The third kappa shape index (κ3) is 6.30. The number of hydrogen-bond acceptors (Lipinski definition) is 5. The molecule has 0 bridgehead atoms. The van der Waals surface area contributed by atoms with Crippen LogP contribution in [-0.4, -0.2) is 36.4 Å². The number of fused-ring (bicyclic) bond motifs is 1. The lowest BCUT2D eigenvalue weighted by atomic mass is 9.97. The van der Waals surface area contributed by atoms with Gasteiger partial charge in [0.15, 0.2) is 8.32 Å². The smallest absolute Gasteiger partial charge is 0.204 e. The molecule has 1 aromatic heterocycles. The maximum atomic E-state index is 14.4. The van der Waals surface area contributed by atoms with E-state index in [-0.39, 0.29) is 10.8 Å². The van der Waals surface area contributed by atoms with E-state index < -0.39 is 16.4 Å². The van der Waals surface area contributed by atoms with Gasteiger partial charge in [-0.25, -0.2) is 0 Å². The van der Waals surface area contributed by atoms with Gasteiger partial charge in [0.05, 0.1) is 33.8 Å². The molecule has 0 saturated heterocycles. The van der Waals surface area contributed by atoms with Crippen molar-refractivity contribution < 1.29 is 18.7 Å². The number of allylic oxidation sites excluding steroid dienone is 2. The minimum atomic E-state index is -2.00. The van der Waals surface area contributed by atoms with Gasteiger partial charge < -0.3 is 13.9 Å². The van der Waals surface area contributed by atoms with E-state index in [4.69, 9.17) is 13.9 Å². The molecule has 1 heterocycles. The second-order valence-electron chi connectivity index (χ2n) is 12.6. The SMILES string of the molecule is C/C=C(\C)c1c(C(=O)c2cc3c(OC)ccc(OC)c3cc2Br)sc([Si](C)(C)C)c1CO[Si](C)(C)C(C)(C)C. The summed E-state index contributed by atoms with van der Waals surface area (Å²) in [6.45, 7) is 23.1. The first-order valence-electron chi connectivity index (χ1n) is 13.3. The van der Waals surface area contributed by atoms with Gasteiger partial charge in [-0.3, -0.25) is 4.79 Å². The molecule has 0 fully saturated rings. The Hall–Kier alpha value is -1.72. The Labute approximate surface area is 249 Å². The highest BCUT2D eigenvalue weighted by atomic mass is 79.9. The third-order valence-corrected chi connectivity index (χ3v) is 17.8. The van der Waals surface area contributed by atoms with Crippen LogP contribution in [0.4, 0.5) is 0 Å². The molecular weight excluding hydrogens is 604 g/mol. The fourth-order valence-corrected chi connectivity index (χ4v) is 9.54.